The molecule has 114 valence electrons. The Hall–Kier alpha value is -1.20. The normalized spacial score (nSPS) is 21.5. The minimum atomic E-state index is -0.200. The van der Waals surface area contributed by atoms with Crippen LogP contribution in [0, 0.1) is 5.82 Å². The number of halogens is 1. The summed E-state index contributed by atoms with van der Waals surface area (Å²) in [7, 11) is 0. The number of benzene rings is 1. The van der Waals surface area contributed by atoms with E-state index < -0.39 is 0 Å². The van der Waals surface area contributed by atoms with Crippen molar-refractivity contribution in [2.24, 2.45) is 5.73 Å². The van der Waals surface area contributed by atoms with E-state index in [2.05, 4.69) is 4.90 Å². The van der Waals surface area contributed by atoms with Crippen LogP contribution >= 0.6 is 12.2 Å². The molecule has 1 atom stereocenters. The van der Waals surface area contributed by atoms with Crippen LogP contribution in [-0.4, -0.2) is 35.1 Å². The predicted molar refractivity (Wildman–Crippen MR) is 85.1 cm³/mol. The first-order valence-electron chi connectivity index (χ1n) is 7.59. The fraction of sp³-hybridized carbons (Fsp3) is 0.562. The molecular formula is C16H21FN2OS. The Balaban J connectivity index is 1.65. The Labute approximate surface area is 130 Å². The van der Waals surface area contributed by atoms with E-state index in [1.807, 2.05) is 0 Å². The van der Waals surface area contributed by atoms with E-state index in [1.165, 1.54) is 31.7 Å². The molecule has 1 saturated carbocycles. The second-order valence-corrected chi connectivity index (χ2v) is 6.55. The van der Waals surface area contributed by atoms with Crippen molar-refractivity contribution in [2.75, 3.05) is 13.1 Å². The molecule has 1 aliphatic carbocycles. The predicted octanol–water partition coefficient (Wildman–Crippen LogP) is 2.66. The second kappa shape index (κ2) is 6.28. The molecule has 0 saturated heterocycles. The smallest absolute Gasteiger partial charge is 0.123 e. The lowest BCUT2D eigenvalue weighted by Gasteiger charge is -2.30. The van der Waals surface area contributed by atoms with E-state index in [9.17, 15) is 4.39 Å². The average molecular weight is 308 g/mol. The summed E-state index contributed by atoms with van der Waals surface area (Å²) >= 11 is 5.08. The van der Waals surface area contributed by atoms with E-state index in [-0.39, 0.29) is 11.9 Å². The van der Waals surface area contributed by atoms with E-state index in [0.717, 1.165) is 24.3 Å². The van der Waals surface area contributed by atoms with Crippen LogP contribution in [-0.2, 0) is 6.42 Å². The fourth-order valence-electron chi connectivity index (χ4n) is 3.46. The lowest BCUT2D eigenvalue weighted by atomic mass is 10.1. The van der Waals surface area contributed by atoms with Crippen LogP contribution in [0.15, 0.2) is 18.2 Å². The second-order valence-electron chi connectivity index (χ2n) is 6.03. The number of thiocarbonyl (C=S) groups is 1. The van der Waals surface area contributed by atoms with Crippen molar-refractivity contribution in [3.63, 3.8) is 0 Å². The first kappa shape index (κ1) is 14.7. The average Bonchev–Trinajstić information content (AvgIpc) is 3.05. The van der Waals surface area contributed by atoms with Gasteiger partial charge in [-0.1, -0.05) is 25.1 Å². The zero-order valence-electron chi connectivity index (χ0n) is 12.1. The quantitative estimate of drug-likeness (QED) is 0.849. The first-order valence-corrected chi connectivity index (χ1v) is 8.00. The highest BCUT2D eigenvalue weighted by Crippen LogP contribution is 2.31. The van der Waals surface area contributed by atoms with Gasteiger partial charge in [0, 0.05) is 31.1 Å². The molecule has 0 amide bonds. The third-order valence-corrected chi connectivity index (χ3v) is 4.53. The summed E-state index contributed by atoms with van der Waals surface area (Å²) in [6.07, 6.45) is 5.78. The molecule has 1 aromatic carbocycles. The van der Waals surface area contributed by atoms with Gasteiger partial charge in [-0.3, -0.25) is 4.90 Å². The summed E-state index contributed by atoms with van der Waals surface area (Å²) in [5.74, 6) is 0.608. The van der Waals surface area contributed by atoms with Crippen molar-refractivity contribution < 1.29 is 9.13 Å². The first-order chi connectivity index (χ1) is 10.1. The maximum absolute atomic E-state index is 13.3. The molecule has 2 N–H and O–H groups in total. The summed E-state index contributed by atoms with van der Waals surface area (Å²) in [6.45, 7) is 1.45. The molecule has 3 rings (SSSR count). The fourth-order valence-corrected chi connectivity index (χ4v) is 3.63. The Bertz CT molecular complexity index is 531. The molecule has 21 heavy (non-hydrogen) atoms. The molecule has 1 unspecified atom stereocenters. The highest BCUT2D eigenvalue weighted by Gasteiger charge is 2.29. The lowest BCUT2D eigenvalue weighted by Crippen LogP contribution is -2.44. The SMILES string of the molecule is NC(=S)CN(CC1Cc2cc(F)ccc2O1)C1CCCC1. The van der Waals surface area contributed by atoms with Gasteiger partial charge < -0.3 is 10.5 Å². The van der Waals surface area contributed by atoms with E-state index in [1.54, 1.807) is 12.1 Å². The van der Waals surface area contributed by atoms with Crippen LogP contribution in [0.25, 0.3) is 0 Å². The van der Waals surface area contributed by atoms with Crippen LogP contribution < -0.4 is 10.5 Å². The molecule has 0 aromatic heterocycles. The minimum absolute atomic E-state index is 0.0664. The highest BCUT2D eigenvalue weighted by molar-refractivity contribution is 7.80. The summed E-state index contributed by atoms with van der Waals surface area (Å²) < 4.78 is 19.2. The number of hydrogen-bond acceptors (Lipinski definition) is 3. The monoisotopic (exact) mass is 308 g/mol. The van der Waals surface area contributed by atoms with Gasteiger partial charge in [-0.25, -0.2) is 4.39 Å². The van der Waals surface area contributed by atoms with Gasteiger partial charge in [0.1, 0.15) is 17.7 Å². The summed E-state index contributed by atoms with van der Waals surface area (Å²) in [6, 6.07) is 5.29. The summed E-state index contributed by atoms with van der Waals surface area (Å²) in [5.41, 5.74) is 6.70. The van der Waals surface area contributed by atoms with Gasteiger partial charge in [-0.2, -0.15) is 0 Å². The number of ether oxygens (including phenoxy) is 1. The Morgan fingerprint density at radius 2 is 2.14 bits per heavy atom. The van der Waals surface area contributed by atoms with Gasteiger partial charge >= 0.3 is 0 Å². The molecular weight excluding hydrogens is 287 g/mol. The molecule has 0 bridgehead atoms. The van der Waals surface area contributed by atoms with Crippen molar-refractivity contribution in [1.29, 1.82) is 0 Å². The zero-order valence-corrected chi connectivity index (χ0v) is 12.9. The zero-order chi connectivity index (χ0) is 14.8. The molecule has 2 aliphatic rings. The highest BCUT2D eigenvalue weighted by atomic mass is 32.1. The van der Waals surface area contributed by atoms with Crippen molar-refractivity contribution in [3.8, 4) is 5.75 Å². The third-order valence-electron chi connectivity index (χ3n) is 4.40. The molecule has 0 spiro atoms. The van der Waals surface area contributed by atoms with Crippen LogP contribution in [0.2, 0.25) is 0 Å². The molecule has 3 nitrogen and oxygen atoms in total. The van der Waals surface area contributed by atoms with Crippen molar-refractivity contribution in [3.05, 3.63) is 29.6 Å². The topological polar surface area (TPSA) is 38.5 Å². The van der Waals surface area contributed by atoms with Crippen LogP contribution in [0.1, 0.15) is 31.2 Å². The number of fused-ring (bicyclic) bond motifs is 1. The Morgan fingerprint density at radius 1 is 1.38 bits per heavy atom. The number of rotatable bonds is 5. The lowest BCUT2D eigenvalue weighted by molar-refractivity contribution is 0.131. The third kappa shape index (κ3) is 3.52. The summed E-state index contributed by atoms with van der Waals surface area (Å²) in [4.78, 5) is 2.88. The largest absolute Gasteiger partial charge is 0.488 e. The molecule has 1 fully saturated rings. The van der Waals surface area contributed by atoms with E-state index in [4.69, 9.17) is 22.7 Å². The minimum Gasteiger partial charge on any atom is -0.488 e. The van der Waals surface area contributed by atoms with Crippen molar-refractivity contribution >= 4 is 17.2 Å². The number of hydrogen-bond donors (Lipinski definition) is 1. The molecule has 1 aliphatic heterocycles. The maximum atomic E-state index is 13.3. The Kier molecular flexibility index (Phi) is 4.40. The van der Waals surface area contributed by atoms with Crippen LogP contribution in [0.4, 0.5) is 4.39 Å². The van der Waals surface area contributed by atoms with E-state index in [0.29, 0.717) is 17.6 Å². The van der Waals surface area contributed by atoms with Gasteiger partial charge in [-0.05, 0) is 31.0 Å². The van der Waals surface area contributed by atoms with E-state index >= 15 is 0 Å². The van der Waals surface area contributed by atoms with Crippen LogP contribution in [0.5, 0.6) is 5.75 Å². The van der Waals surface area contributed by atoms with Gasteiger partial charge in [0.15, 0.2) is 0 Å². The maximum Gasteiger partial charge on any atom is 0.123 e. The molecule has 1 heterocycles. The Morgan fingerprint density at radius 3 is 2.86 bits per heavy atom. The number of nitrogens with two attached hydrogens (primary N) is 1. The van der Waals surface area contributed by atoms with Gasteiger partial charge in [-0.15, -0.1) is 0 Å². The van der Waals surface area contributed by atoms with Crippen molar-refractivity contribution in [2.45, 2.75) is 44.2 Å². The molecule has 1 aromatic rings. The summed E-state index contributed by atoms with van der Waals surface area (Å²) in [5, 5.41) is 0. The number of nitrogens with zero attached hydrogens (tertiary/aromatic N) is 1. The van der Waals surface area contributed by atoms with Gasteiger partial charge in [0.25, 0.3) is 0 Å². The van der Waals surface area contributed by atoms with Gasteiger partial charge in [0.05, 0.1) is 4.99 Å². The molecule has 5 heteroatoms. The standard InChI is InChI=1S/C16H21FN2OS/c17-12-5-6-15-11(7-12)8-14(20-15)9-19(10-16(18)21)13-3-1-2-4-13/h5-7,13-14H,1-4,8-10H2,(H2,18,21). The van der Waals surface area contributed by atoms with Crippen LogP contribution in [0.3, 0.4) is 0 Å². The van der Waals surface area contributed by atoms with Crippen molar-refractivity contribution in [1.82, 2.24) is 4.90 Å². The van der Waals surface area contributed by atoms with Gasteiger partial charge in [0.2, 0.25) is 0 Å². The molecule has 0 radical (unpaired) electrons.